The van der Waals surface area contributed by atoms with Crippen LogP contribution in [-0.4, -0.2) is 15.9 Å². The van der Waals surface area contributed by atoms with Gasteiger partial charge in [-0.25, -0.2) is 9.37 Å². The molecule has 0 radical (unpaired) electrons. The van der Waals surface area contributed by atoms with Crippen molar-refractivity contribution in [2.24, 2.45) is 5.73 Å². The van der Waals surface area contributed by atoms with Crippen molar-refractivity contribution in [2.75, 3.05) is 6.54 Å². The van der Waals surface area contributed by atoms with E-state index in [0.29, 0.717) is 12.2 Å². The predicted octanol–water partition coefficient (Wildman–Crippen LogP) is 2.10. The molecule has 0 bridgehead atoms. The lowest BCUT2D eigenvalue weighted by Crippen LogP contribution is -2.08. The van der Waals surface area contributed by atoms with Crippen LogP contribution in [0.5, 0.6) is 0 Å². The number of imidazole rings is 1. The molecule has 2 rings (SSSR count). The summed E-state index contributed by atoms with van der Waals surface area (Å²) in [6.45, 7) is 4.66. The van der Waals surface area contributed by atoms with Crippen LogP contribution in [0.3, 0.4) is 0 Å². The largest absolute Gasteiger partial charge is 0.330 e. The molecule has 0 unspecified atom stereocenters. The van der Waals surface area contributed by atoms with Crippen LogP contribution < -0.4 is 5.73 Å². The van der Waals surface area contributed by atoms with E-state index in [1.165, 1.54) is 6.07 Å². The third kappa shape index (κ3) is 1.69. The molecule has 0 fully saturated rings. The average molecular weight is 221 g/mol. The summed E-state index contributed by atoms with van der Waals surface area (Å²) in [6, 6.07) is 3.12. The van der Waals surface area contributed by atoms with Crippen LogP contribution in [0.15, 0.2) is 18.3 Å². The number of hydrogen-bond donors (Lipinski definition) is 1. The van der Waals surface area contributed by atoms with Gasteiger partial charge in [-0.05, 0) is 24.6 Å². The molecule has 86 valence electrons. The van der Waals surface area contributed by atoms with Crippen molar-refractivity contribution in [1.82, 2.24) is 9.38 Å². The zero-order valence-electron chi connectivity index (χ0n) is 9.57. The van der Waals surface area contributed by atoms with Gasteiger partial charge < -0.3 is 10.1 Å². The van der Waals surface area contributed by atoms with E-state index < -0.39 is 0 Å². The molecule has 4 heteroatoms. The normalized spacial score (nSPS) is 11.6. The van der Waals surface area contributed by atoms with Crippen LogP contribution in [0.4, 0.5) is 4.39 Å². The second-order valence-electron chi connectivity index (χ2n) is 4.19. The number of fused-ring (bicyclic) bond motifs is 1. The highest BCUT2D eigenvalue weighted by Crippen LogP contribution is 2.22. The summed E-state index contributed by atoms with van der Waals surface area (Å²) in [4.78, 5) is 4.36. The van der Waals surface area contributed by atoms with Crippen LogP contribution in [-0.2, 0) is 6.42 Å². The van der Waals surface area contributed by atoms with Gasteiger partial charge in [-0.3, -0.25) is 0 Å². The fraction of sp³-hybridized carbons (Fsp3) is 0.417. The topological polar surface area (TPSA) is 43.3 Å². The van der Waals surface area contributed by atoms with Crippen molar-refractivity contribution in [1.29, 1.82) is 0 Å². The molecule has 0 amide bonds. The molecule has 0 saturated carbocycles. The summed E-state index contributed by atoms with van der Waals surface area (Å²) in [5.41, 5.74) is 7.94. The zero-order chi connectivity index (χ0) is 11.7. The Morgan fingerprint density at radius 1 is 1.50 bits per heavy atom. The van der Waals surface area contributed by atoms with Crippen LogP contribution in [0.1, 0.15) is 31.2 Å². The molecule has 3 nitrogen and oxygen atoms in total. The maximum atomic E-state index is 13.6. The molecule has 2 N–H and O–H groups in total. The third-order valence-electron chi connectivity index (χ3n) is 2.66. The summed E-state index contributed by atoms with van der Waals surface area (Å²) in [6.07, 6.45) is 2.56. The molecule has 0 aliphatic heterocycles. The van der Waals surface area contributed by atoms with E-state index in [1.54, 1.807) is 10.5 Å². The molecule has 2 heterocycles. The molecule has 0 spiro atoms. The number of rotatable bonds is 3. The molecule has 0 aliphatic rings. The molecule has 0 aliphatic carbocycles. The minimum Gasteiger partial charge on any atom is -0.330 e. The lowest BCUT2D eigenvalue weighted by atomic mass is 10.1. The Bertz CT molecular complexity index is 502. The highest BCUT2D eigenvalue weighted by Gasteiger charge is 2.16. The first-order valence-corrected chi connectivity index (χ1v) is 5.50. The van der Waals surface area contributed by atoms with E-state index in [1.807, 2.05) is 6.20 Å². The van der Waals surface area contributed by atoms with Crippen molar-refractivity contribution in [3.8, 4) is 0 Å². The number of aromatic nitrogens is 2. The van der Waals surface area contributed by atoms with E-state index in [0.717, 1.165) is 17.8 Å². The van der Waals surface area contributed by atoms with E-state index in [9.17, 15) is 4.39 Å². The van der Waals surface area contributed by atoms with Crippen molar-refractivity contribution < 1.29 is 4.39 Å². The van der Waals surface area contributed by atoms with Crippen LogP contribution >= 0.6 is 0 Å². The van der Waals surface area contributed by atoms with Gasteiger partial charge >= 0.3 is 0 Å². The maximum Gasteiger partial charge on any atom is 0.173 e. The second-order valence-corrected chi connectivity index (χ2v) is 4.19. The molecule has 2 aromatic heterocycles. The zero-order valence-corrected chi connectivity index (χ0v) is 9.57. The molecule has 2 aromatic rings. The van der Waals surface area contributed by atoms with E-state index in [-0.39, 0.29) is 11.7 Å². The van der Waals surface area contributed by atoms with Crippen LogP contribution in [0.25, 0.3) is 5.65 Å². The first-order chi connectivity index (χ1) is 7.65. The standard InChI is InChI=1S/C12H16FN3/c1-8(2)11-10(5-6-14)16-7-3-4-9(13)12(16)15-11/h3-4,7-8H,5-6,14H2,1-2H3. The van der Waals surface area contributed by atoms with E-state index in [2.05, 4.69) is 18.8 Å². The Morgan fingerprint density at radius 2 is 2.25 bits per heavy atom. The fourth-order valence-electron chi connectivity index (χ4n) is 1.95. The number of nitrogens with two attached hydrogens (primary N) is 1. The van der Waals surface area contributed by atoms with Gasteiger partial charge in [0, 0.05) is 18.3 Å². The fourth-order valence-corrected chi connectivity index (χ4v) is 1.95. The Labute approximate surface area is 94.1 Å². The molecule has 0 saturated heterocycles. The van der Waals surface area contributed by atoms with E-state index >= 15 is 0 Å². The predicted molar refractivity (Wildman–Crippen MR) is 62.0 cm³/mol. The Hall–Kier alpha value is -1.42. The minimum absolute atomic E-state index is 0.279. The van der Waals surface area contributed by atoms with Gasteiger partial charge in [0.15, 0.2) is 11.5 Å². The van der Waals surface area contributed by atoms with Crippen LogP contribution in [0.2, 0.25) is 0 Å². The smallest absolute Gasteiger partial charge is 0.173 e. The quantitative estimate of drug-likeness (QED) is 0.862. The van der Waals surface area contributed by atoms with Gasteiger partial charge in [0.05, 0.1) is 5.69 Å². The Kier molecular flexibility index (Phi) is 2.92. The molecule has 16 heavy (non-hydrogen) atoms. The molecule has 0 atom stereocenters. The summed E-state index contributed by atoms with van der Waals surface area (Å²) in [7, 11) is 0. The van der Waals surface area contributed by atoms with E-state index in [4.69, 9.17) is 5.73 Å². The number of halogens is 1. The summed E-state index contributed by atoms with van der Waals surface area (Å²) in [5.74, 6) is -0.00600. The number of hydrogen-bond acceptors (Lipinski definition) is 2. The first kappa shape index (κ1) is 11.1. The number of nitrogens with zero attached hydrogens (tertiary/aromatic N) is 2. The highest BCUT2D eigenvalue weighted by molar-refractivity contribution is 5.45. The molecule has 0 aromatic carbocycles. The average Bonchev–Trinajstić information content (AvgIpc) is 2.60. The SMILES string of the molecule is CC(C)c1nc2c(F)cccn2c1CCN. The maximum absolute atomic E-state index is 13.6. The van der Waals surface area contributed by atoms with Gasteiger partial charge in [-0.1, -0.05) is 13.8 Å². The van der Waals surface area contributed by atoms with Crippen molar-refractivity contribution >= 4 is 5.65 Å². The van der Waals surface area contributed by atoms with Crippen molar-refractivity contribution in [3.63, 3.8) is 0 Å². The van der Waals surface area contributed by atoms with Gasteiger partial charge in [-0.2, -0.15) is 0 Å². The van der Waals surface area contributed by atoms with Crippen molar-refractivity contribution in [2.45, 2.75) is 26.2 Å². The monoisotopic (exact) mass is 221 g/mol. The van der Waals surface area contributed by atoms with Crippen LogP contribution in [0, 0.1) is 5.82 Å². The Morgan fingerprint density at radius 3 is 2.88 bits per heavy atom. The van der Waals surface area contributed by atoms with Crippen molar-refractivity contribution in [3.05, 3.63) is 35.5 Å². The minimum atomic E-state index is -0.285. The highest BCUT2D eigenvalue weighted by atomic mass is 19.1. The molecular weight excluding hydrogens is 205 g/mol. The lowest BCUT2D eigenvalue weighted by Gasteiger charge is -2.05. The summed E-state index contributed by atoms with van der Waals surface area (Å²) < 4.78 is 15.4. The van der Waals surface area contributed by atoms with Gasteiger partial charge in [-0.15, -0.1) is 0 Å². The second kappa shape index (κ2) is 4.22. The first-order valence-electron chi connectivity index (χ1n) is 5.50. The van der Waals surface area contributed by atoms with Gasteiger partial charge in [0.2, 0.25) is 0 Å². The number of pyridine rings is 1. The lowest BCUT2D eigenvalue weighted by molar-refractivity contribution is 0.629. The molecular formula is C12H16FN3. The van der Waals surface area contributed by atoms with Gasteiger partial charge in [0.25, 0.3) is 0 Å². The Balaban J connectivity index is 2.70. The van der Waals surface area contributed by atoms with Gasteiger partial charge in [0.1, 0.15) is 0 Å². The summed E-state index contributed by atoms with van der Waals surface area (Å²) in [5, 5.41) is 0. The summed E-state index contributed by atoms with van der Waals surface area (Å²) >= 11 is 0. The third-order valence-corrected chi connectivity index (χ3v) is 2.66.